The Morgan fingerprint density at radius 1 is 1.33 bits per heavy atom. The molecule has 0 fully saturated rings. The summed E-state index contributed by atoms with van der Waals surface area (Å²) in [5.74, 6) is 3.14. The Balaban J connectivity index is 2.06. The first kappa shape index (κ1) is 12.4. The van der Waals surface area contributed by atoms with Gasteiger partial charge in [0, 0.05) is 6.54 Å². The Bertz CT molecular complexity index is 509. The number of hydrogen-bond donors (Lipinski definition) is 2. The average Bonchev–Trinajstić information content (AvgIpc) is 2.77. The molecule has 0 radical (unpaired) electrons. The zero-order chi connectivity index (χ0) is 13.0. The second-order valence-corrected chi connectivity index (χ2v) is 4.11. The van der Waals surface area contributed by atoms with Gasteiger partial charge in [0.25, 0.3) is 0 Å². The maximum atomic E-state index is 5.48. The van der Waals surface area contributed by atoms with Crippen molar-refractivity contribution in [3.05, 3.63) is 36.0 Å². The van der Waals surface area contributed by atoms with Crippen LogP contribution in [0.2, 0.25) is 0 Å². The molecule has 0 aromatic carbocycles. The van der Waals surface area contributed by atoms with Crippen molar-refractivity contribution in [2.45, 2.75) is 26.8 Å². The first-order valence-corrected chi connectivity index (χ1v) is 6.09. The number of nitrogens with zero attached hydrogens (tertiary/aromatic N) is 2. The quantitative estimate of drug-likeness (QED) is 0.849. The molecule has 0 aliphatic heterocycles. The van der Waals surface area contributed by atoms with Crippen molar-refractivity contribution in [2.75, 3.05) is 17.2 Å². The fourth-order valence-electron chi connectivity index (χ4n) is 1.65. The van der Waals surface area contributed by atoms with Crippen molar-refractivity contribution >= 4 is 11.6 Å². The number of nitrogens with one attached hydrogen (secondary N) is 2. The largest absolute Gasteiger partial charge is 0.444 e. The molecule has 1 atom stereocenters. The van der Waals surface area contributed by atoms with E-state index in [9.17, 15) is 0 Å². The number of aryl methyl sites for hydroxylation is 1. The summed E-state index contributed by atoms with van der Waals surface area (Å²) in [6.45, 7) is 6.77. The highest BCUT2D eigenvalue weighted by Crippen LogP contribution is 2.18. The van der Waals surface area contributed by atoms with Gasteiger partial charge in [0.1, 0.15) is 23.4 Å². The summed E-state index contributed by atoms with van der Waals surface area (Å²) in [6, 6.07) is 5.81. The molecular formula is C13H18N4O. The molecule has 0 spiro atoms. The van der Waals surface area contributed by atoms with Crippen LogP contribution in [0.3, 0.4) is 0 Å². The van der Waals surface area contributed by atoms with Gasteiger partial charge in [0.15, 0.2) is 0 Å². The topological polar surface area (TPSA) is 63.0 Å². The van der Waals surface area contributed by atoms with Crippen LogP contribution in [0.15, 0.2) is 28.8 Å². The molecule has 1 unspecified atom stereocenters. The van der Waals surface area contributed by atoms with Gasteiger partial charge in [0.05, 0.1) is 6.20 Å². The van der Waals surface area contributed by atoms with Gasteiger partial charge < -0.3 is 15.1 Å². The van der Waals surface area contributed by atoms with E-state index in [0.717, 1.165) is 23.9 Å². The fraction of sp³-hybridized carbons (Fsp3) is 0.385. The number of pyridine rings is 1. The number of hydrogen-bond acceptors (Lipinski definition) is 5. The summed E-state index contributed by atoms with van der Waals surface area (Å²) in [4.78, 5) is 8.64. The lowest BCUT2D eigenvalue weighted by Crippen LogP contribution is -2.09. The van der Waals surface area contributed by atoms with Crippen LogP contribution in [-0.2, 0) is 0 Å². The molecule has 0 bridgehead atoms. The van der Waals surface area contributed by atoms with E-state index in [2.05, 4.69) is 20.6 Å². The van der Waals surface area contributed by atoms with Crippen molar-refractivity contribution in [3.63, 3.8) is 0 Å². The highest BCUT2D eigenvalue weighted by Gasteiger charge is 2.11. The minimum absolute atomic E-state index is 0.0110. The Morgan fingerprint density at radius 3 is 2.78 bits per heavy atom. The minimum atomic E-state index is -0.0110. The van der Waals surface area contributed by atoms with Crippen molar-refractivity contribution in [1.29, 1.82) is 0 Å². The Kier molecular flexibility index (Phi) is 3.82. The molecule has 2 N–H and O–H groups in total. The fourth-order valence-corrected chi connectivity index (χ4v) is 1.65. The van der Waals surface area contributed by atoms with Crippen molar-refractivity contribution in [1.82, 2.24) is 9.97 Å². The smallest absolute Gasteiger partial charge is 0.216 e. The molecule has 2 heterocycles. The Labute approximate surface area is 107 Å². The third-order valence-corrected chi connectivity index (χ3v) is 2.48. The second-order valence-electron chi connectivity index (χ2n) is 4.11. The lowest BCUT2D eigenvalue weighted by Gasteiger charge is -2.12. The highest BCUT2D eigenvalue weighted by molar-refractivity contribution is 5.45. The van der Waals surface area contributed by atoms with Gasteiger partial charge in [-0.3, -0.25) is 0 Å². The summed E-state index contributed by atoms with van der Waals surface area (Å²) < 4.78 is 5.48. The van der Waals surface area contributed by atoms with Crippen LogP contribution in [-0.4, -0.2) is 16.5 Å². The second kappa shape index (κ2) is 5.53. The van der Waals surface area contributed by atoms with Crippen molar-refractivity contribution in [2.24, 2.45) is 0 Å². The first-order chi connectivity index (χ1) is 8.69. The third kappa shape index (κ3) is 3.00. The van der Waals surface area contributed by atoms with Gasteiger partial charge >= 0.3 is 0 Å². The lowest BCUT2D eigenvalue weighted by molar-refractivity contribution is 0.453. The van der Waals surface area contributed by atoms with Crippen molar-refractivity contribution in [3.8, 4) is 0 Å². The van der Waals surface area contributed by atoms with Gasteiger partial charge in [-0.1, -0.05) is 6.07 Å². The minimum Gasteiger partial charge on any atom is -0.444 e. The molecule has 96 valence electrons. The summed E-state index contributed by atoms with van der Waals surface area (Å²) >= 11 is 0. The van der Waals surface area contributed by atoms with Crippen LogP contribution in [0, 0.1) is 6.92 Å². The molecule has 2 aromatic rings. The van der Waals surface area contributed by atoms with Gasteiger partial charge in [-0.25, -0.2) is 9.97 Å². The summed E-state index contributed by atoms with van der Waals surface area (Å²) in [7, 11) is 0. The molecule has 0 amide bonds. The van der Waals surface area contributed by atoms with E-state index in [1.165, 1.54) is 0 Å². The molecule has 0 aliphatic carbocycles. The summed E-state index contributed by atoms with van der Waals surface area (Å²) in [6.07, 6.45) is 1.72. The predicted molar refractivity (Wildman–Crippen MR) is 71.7 cm³/mol. The van der Waals surface area contributed by atoms with Gasteiger partial charge in [0.2, 0.25) is 5.89 Å². The first-order valence-electron chi connectivity index (χ1n) is 6.09. The molecule has 0 aliphatic rings. The maximum Gasteiger partial charge on any atom is 0.216 e. The standard InChI is InChI=1S/C13H18N4O/c1-4-14-11-6-5-7-12(17-11)16-10(3)13-15-8-9(2)18-13/h5-8,10H,4H2,1-3H3,(H2,14,16,17). The van der Waals surface area contributed by atoms with E-state index in [1.54, 1.807) is 6.20 Å². The molecule has 5 heteroatoms. The monoisotopic (exact) mass is 246 g/mol. The zero-order valence-electron chi connectivity index (χ0n) is 10.9. The maximum absolute atomic E-state index is 5.48. The van der Waals surface area contributed by atoms with Crippen LogP contribution in [0.4, 0.5) is 11.6 Å². The van der Waals surface area contributed by atoms with Crippen LogP contribution in [0.5, 0.6) is 0 Å². The van der Waals surface area contributed by atoms with E-state index in [1.807, 2.05) is 39.0 Å². The van der Waals surface area contributed by atoms with Crippen molar-refractivity contribution < 1.29 is 4.42 Å². The van der Waals surface area contributed by atoms with Gasteiger partial charge in [-0.15, -0.1) is 0 Å². The Hall–Kier alpha value is -2.04. The van der Waals surface area contributed by atoms with E-state index < -0.39 is 0 Å². The molecular weight excluding hydrogens is 228 g/mol. The van der Waals surface area contributed by atoms with Gasteiger partial charge in [-0.2, -0.15) is 0 Å². The van der Waals surface area contributed by atoms with Gasteiger partial charge in [-0.05, 0) is 32.9 Å². The Morgan fingerprint density at radius 2 is 2.11 bits per heavy atom. The third-order valence-electron chi connectivity index (χ3n) is 2.48. The normalized spacial score (nSPS) is 12.2. The lowest BCUT2D eigenvalue weighted by atomic mass is 10.3. The number of aromatic nitrogens is 2. The van der Waals surface area contributed by atoms with E-state index >= 15 is 0 Å². The highest BCUT2D eigenvalue weighted by atomic mass is 16.4. The van der Waals surface area contributed by atoms with E-state index in [0.29, 0.717) is 5.89 Å². The van der Waals surface area contributed by atoms with Crippen LogP contribution in [0.25, 0.3) is 0 Å². The van der Waals surface area contributed by atoms with E-state index in [4.69, 9.17) is 4.42 Å². The predicted octanol–water partition coefficient (Wildman–Crippen LogP) is 2.98. The number of anilines is 2. The number of oxazole rings is 1. The summed E-state index contributed by atoms with van der Waals surface area (Å²) in [5, 5.41) is 6.44. The average molecular weight is 246 g/mol. The van der Waals surface area contributed by atoms with Crippen LogP contribution in [0.1, 0.15) is 31.5 Å². The van der Waals surface area contributed by atoms with Crippen LogP contribution < -0.4 is 10.6 Å². The molecule has 2 aromatic heterocycles. The molecule has 0 saturated carbocycles. The molecule has 18 heavy (non-hydrogen) atoms. The molecule has 0 saturated heterocycles. The SMILES string of the molecule is CCNc1cccc(NC(C)c2ncc(C)o2)n1. The number of rotatable bonds is 5. The van der Waals surface area contributed by atoms with Crippen LogP contribution >= 0.6 is 0 Å². The van der Waals surface area contributed by atoms with E-state index in [-0.39, 0.29) is 6.04 Å². The zero-order valence-corrected chi connectivity index (χ0v) is 10.9. The molecule has 5 nitrogen and oxygen atoms in total. The summed E-state index contributed by atoms with van der Waals surface area (Å²) in [5.41, 5.74) is 0. The molecule has 2 rings (SSSR count).